The molecule has 2 aromatic carbocycles. The summed E-state index contributed by atoms with van der Waals surface area (Å²) in [4.78, 5) is 38.4. The highest BCUT2D eigenvalue weighted by Crippen LogP contribution is 2.27. The van der Waals surface area contributed by atoms with Crippen molar-refractivity contribution in [3.63, 3.8) is 0 Å². The molecule has 2 amide bonds. The topological polar surface area (TPSA) is 75.7 Å². The van der Waals surface area contributed by atoms with E-state index in [1.54, 1.807) is 24.3 Å². The summed E-state index contributed by atoms with van der Waals surface area (Å²) in [7, 11) is 0. The van der Waals surface area contributed by atoms with Crippen molar-refractivity contribution in [2.75, 3.05) is 23.4 Å². The Morgan fingerprint density at radius 3 is 2.62 bits per heavy atom. The van der Waals surface area contributed by atoms with Crippen LogP contribution in [0.4, 0.5) is 11.4 Å². The third kappa shape index (κ3) is 4.95. The average Bonchev–Trinajstić information content (AvgIpc) is 3.10. The van der Waals surface area contributed by atoms with Gasteiger partial charge in [-0.05, 0) is 48.7 Å². The quantitative estimate of drug-likeness (QED) is 0.730. The minimum atomic E-state index is -0.601. The number of amides is 2. The molecule has 0 unspecified atom stereocenters. The number of carbonyl (C=O) groups excluding carboxylic acids is 3. The van der Waals surface area contributed by atoms with Crippen LogP contribution in [0.3, 0.4) is 0 Å². The first-order valence-corrected chi connectivity index (χ1v) is 9.87. The van der Waals surface area contributed by atoms with Crippen LogP contribution in [0, 0.1) is 12.8 Å². The highest BCUT2D eigenvalue weighted by atomic mass is 35.5. The summed E-state index contributed by atoms with van der Waals surface area (Å²) in [6.45, 7) is 3.75. The van der Waals surface area contributed by atoms with Gasteiger partial charge in [0.2, 0.25) is 5.91 Å². The number of hydrogen-bond acceptors (Lipinski definition) is 4. The zero-order valence-electron chi connectivity index (χ0n) is 16.4. The van der Waals surface area contributed by atoms with E-state index in [2.05, 4.69) is 5.32 Å². The average molecular weight is 415 g/mol. The molecular weight excluding hydrogens is 392 g/mol. The SMILES string of the molecule is CCc1cccc(C)c1NC(=O)COC(=O)[C@@H]1CC(=O)N(c2ccc(Cl)cc2)C1. The fourth-order valence-corrected chi connectivity index (χ4v) is 3.49. The maximum atomic E-state index is 12.4. The number of carbonyl (C=O) groups is 3. The first kappa shape index (κ1) is 20.9. The molecule has 0 radical (unpaired) electrons. The fourth-order valence-electron chi connectivity index (χ4n) is 3.37. The van der Waals surface area contributed by atoms with Gasteiger partial charge in [0.25, 0.3) is 5.91 Å². The van der Waals surface area contributed by atoms with Crippen molar-refractivity contribution in [3.8, 4) is 0 Å². The second kappa shape index (κ2) is 9.09. The van der Waals surface area contributed by atoms with Crippen molar-refractivity contribution >= 4 is 40.8 Å². The molecule has 1 aliphatic rings. The highest BCUT2D eigenvalue weighted by Gasteiger charge is 2.36. The molecule has 0 aromatic heterocycles. The third-order valence-corrected chi connectivity index (χ3v) is 5.20. The number of hydrogen-bond donors (Lipinski definition) is 1. The molecule has 3 rings (SSSR count). The molecule has 1 atom stereocenters. The monoisotopic (exact) mass is 414 g/mol. The minimum Gasteiger partial charge on any atom is -0.455 e. The van der Waals surface area contributed by atoms with E-state index in [9.17, 15) is 14.4 Å². The molecule has 29 heavy (non-hydrogen) atoms. The van der Waals surface area contributed by atoms with Gasteiger partial charge in [0.1, 0.15) is 0 Å². The Balaban J connectivity index is 1.55. The number of nitrogens with one attached hydrogen (secondary N) is 1. The Morgan fingerprint density at radius 2 is 1.93 bits per heavy atom. The second-order valence-corrected chi connectivity index (χ2v) is 7.44. The molecule has 1 N–H and O–H groups in total. The number of benzene rings is 2. The van der Waals surface area contributed by atoms with E-state index in [0.29, 0.717) is 10.7 Å². The van der Waals surface area contributed by atoms with E-state index in [4.69, 9.17) is 16.3 Å². The Kier molecular flexibility index (Phi) is 6.54. The van der Waals surface area contributed by atoms with Gasteiger partial charge in [-0.3, -0.25) is 14.4 Å². The molecule has 0 aliphatic carbocycles. The number of para-hydroxylation sites is 1. The molecule has 1 heterocycles. The molecule has 0 bridgehead atoms. The van der Waals surface area contributed by atoms with Crippen molar-refractivity contribution in [2.24, 2.45) is 5.92 Å². The first-order chi connectivity index (χ1) is 13.9. The minimum absolute atomic E-state index is 0.0564. The van der Waals surface area contributed by atoms with Crippen LogP contribution in [0.5, 0.6) is 0 Å². The van der Waals surface area contributed by atoms with Crippen molar-refractivity contribution in [1.29, 1.82) is 0 Å². The largest absolute Gasteiger partial charge is 0.455 e. The summed E-state index contributed by atoms with van der Waals surface area (Å²) in [6, 6.07) is 12.6. The van der Waals surface area contributed by atoms with Gasteiger partial charge in [0.05, 0.1) is 5.92 Å². The summed E-state index contributed by atoms with van der Waals surface area (Å²) in [5.41, 5.74) is 3.40. The lowest BCUT2D eigenvalue weighted by Gasteiger charge is -2.16. The predicted molar refractivity (Wildman–Crippen MR) is 112 cm³/mol. The maximum absolute atomic E-state index is 12.4. The fraction of sp³-hybridized carbons (Fsp3) is 0.318. The highest BCUT2D eigenvalue weighted by molar-refractivity contribution is 6.30. The zero-order chi connectivity index (χ0) is 21.0. The molecule has 7 heteroatoms. The Hall–Kier alpha value is -2.86. The van der Waals surface area contributed by atoms with Crippen molar-refractivity contribution < 1.29 is 19.1 Å². The van der Waals surface area contributed by atoms with Crippen molar-refractivity contribution in [3.05, 3.63) is 58.6 Å². The van der Waals surface area contributed by atoms with Gasteiger partial charge in [-0.15, -0.1) is 0 Å². The van der Waals surface area contributed by atoms with Gasteiger partial charge < -0.3 is 15.0 Å². The normalized spacial score (nSPS) is 16.0. The summed E-state index contributed by atoms with van der Waals surface area (Å²) >= 11 is 5.88. The smallest absolute Gasteiger partial charge is 0.311 e. The second-order valence-electron chi connectivity index (χ2n) is 7.00. The Labute approximate surface area is 174 Å². The number of aryl methyl sites for hydroxylation is 2. The first-order valence-electron chi connectivity index (χ1n) is 9.50. The Bertz CT molecular complexity index is 927. The van der Waals surface area contributed by atoms with Gasteiger partial charge in [0.15, 0.2) is 6.61 Å². The summed E-state index contributed by atoms with van der Waals surface area (Å²) in [5.74, 6) is -1.71. The van der Waals surface area contributed by atoms with E-state index in [1.165, 1.54) is 4.90 Å². The lowest BCUT2D eigenvalue weighted by Crippen LogP contribution is -2.28. The van der Waals surface area contributed by atoms with Crippen molar-refractivity contribution in [1.82, 2.24) is 0 Å². The Morgan fingerprint density at radius 1 is 1.21 bits per heavy atom. The van der Waals surface area contributed by atoms with Crippen LogP contribution in [0.1, 0.15) is 24.5 Å². The van der Waals surface area contributed by atoms with Crippen LogP contribution in [0.15, 0.2) is 42.5 Å². The number of anilines is 2. The third-order valence-electron chi connectivity index (χ3n) is 4.95. The number of rotatable bonds is 6. The summed E-state index contributed by atoms with van der Waals surface area (Å²) in [5, 5.41) is 3.39. The van der Waals surface area contributed by atoms with Crippen molar-refractivity contribution in [2.45, 2.75) is 26.7 Å². The van der Waals surface area contributed by atoms with Crippen LogP contribution < -0.4 is 10.2 Å². The van der Waals surface area contributed by atoms with Gasteiger partial charge in [-0.1, -0.05) is 36.7 Å². The molecule has 1 fully saturated rings. The van der Waals surface area contributed by atoms with E-state index in [0.717, 1.165) is 23.2 Å². The molecular formula is C22H23ClN2O4. The van der Waals surface area contributed by atoms with Crippen LogP contribution in [-0.2, 0) is 25.5 Å². The van der Waals surface area contributed by atoms with E-state index in [1.807, 2.05) is 32.0 Å². The van der Waals surface area contributed by atoms with E-state index < -0.39 is 17.8 Å². The molecule has 152 valence electrons. The molecule has 0 spiro atoms. The molecule has 2 aromatic rings. The van der Waals surface area contributed by atoms with Crippen LogP contribution >= 0.6 is 11.6 Å². The maximum Gasteiger partial charge on any atom is 0.311 e. The van der Waals surface area contributed by atoms with Gasteiger partial charge in [-0.2, -0.15) is 0 Å². The van der Waals surface area contributed by atoms with Crippen LogP contribution in [0.2, 0.25) is 5.02 Å². The number of nitrogens with zero attached hydrogens (tertiary/aromatic N) is 1. The predicted octanol–water partition coefficient (Wildman–Crippen LogP) is 3.75. The standard InChI is InChI=1S/C22H23ClN2O4/c1-3-15-6-4-5-14(2)21(15)24-19(26)13-29-22(28)16-11-20(27)25(12-16)18-9-7-17(23)8-10-18/h4-10,16H,3,11-13H2,1-2H3,(H,24,26)/t16-/m1/s1. The van der Waals surface area contributed by atoms with Gasteiger partial charge in [0, 0.05) is 29.4 Å². The van der Waals surface area contributed by atoms with E-state index >= 15 is 0 Å². The number of halogens is 1. The lowest BCUT2D eigenvalue weighted by molar-refractivity contribution is -0.151. The van der Waals surface area contributed by atoms with Gasteiger partial charge >= 0.3 is 5.97 Å². The summed E-state index contributed by atoms with van der Waals surface area (Å²) in [6.07, 6.45) is 0.836. The van der Waals surface area contributed by atoms with E-state index in [-0.39, 0.29) is 25.5 Å². The van der Waals surface area contributed by atoms with Crippen LogP contribution in [0.25, 0.3) is 0 Å². The molecule has 0 saturated carbocycles. The molecule has 1 saturated heterocycles. The van der Waals surface area contributed by atoms with Crippen LogP contribution in [-0.4, -0.2) is 30.9 Å². The molecule has 6 nitrogen and oxygen atoms in total. The molecule has 1 aliphatic heterocycles. The number of esters is 1. The number of ether oxygens (including phenoxy) is 1. The zero-order valence-corrected chi connectivity index (χ0v) is 17.2. The van der Waals surface area contributed by atoms with Gasteiger partial charge in [-0.25, -0.2) is 0 Å². The summed E-state index contributed by atoms with van der Waals surface area (Å²) < 4.78 is 5.17. The lowest BCUT2D eigenvalue weighted by atomic mass is 10.1.